The Hall–Kier alpha value is -3.42. The lowest BCUT2D eigenvalue weighted by Gasteiger charge is -2.41. The number of rotatable bonds is 53. The van der Waals surface area contributed by atoms with Crippen molar-refractivity contribution >= 4 is 11.9 Å². The Morgan fingerprint density at radius 3 is 1.39 bits per heavy atom. The molecule has 0 saturated carbocycles. The van der Waals surface area contributed by atoms with Crippen molar-refractivity contribution in [2.75, 3.05) is 13.2 Å². The van der Waals surface area contributed by atoms with Crippen LogP contribution in [0.1, 0.15) is 258 Å². The topological polar surface area (TPSA) is 175 Å². The summed E-state index contributed by atoms with van der Waals surface area (Å²) in [5.74, 6) is -1.23. The van der Waals surface area contributed by atoms with Gasteiger partial charge >= 0.3 is 5.97 Å². The molecule has 11 heteroatoms. The first-order valence-electron chi connectivity index (χ1n) is 32.0. The molecule has 11 nitrogen and oxygen atoms in total. The van der Waals surface area contributed by atoms with Crippen LogP contribution in [-0.4, -0.2) is 99.6 Å². The number of aliphatic hydroxyl groups is 5. The van der Waals surface area contributed by atoms with Crippen LogP contribution in [0.25, 0.3) is 0 Å². The van der Waals surface area contributed by atoms with Gasteiger partial charge in [0.25, 0.3) is 0 Å². The van der Waals surface area contributed by atoms with Gasteiger partial charge in [-0.2, -0.15) is 0 Å². The van der Waals surface area contributed by atoms with Gasteiger partial charge < -0.3 is 45.1 Å². The van der Waals surface area contributed by atoms with Crippen molar-refractivity contribution in [1.82, 2.24) is 5.32 Å². The van der Waals surface area contributed by atoms with E-state index >= 15 is 0 Å². The second-order valence-electron chi connectivity index (χ2n) is 21.8. The van der Waals surface area contributed by atoms with Crippen LogP contribution in [0.2, 0.25) is 0 Å². The Morgan fingerprint density at radius 2 is 0.911 bits per heavy atom. The van der Waals surface area contributed by atoms with Gasteiger partial charge in [-0.1, -0.05) is 246 Å². The molecule has 1 saturated heterocycles. The van der Waals surface area contributed by atoms with E-state index in [0.29, 0.717) is 12.8 Å². The summed E-state index contributed by atoms with van der Waals surface area (Å²) >= 11 is 0. The van der Waals surface area contributed by atoms with Crippen LogP contribution in [0.5, 0.6) is 0 Å². The maximum absolute atomic E-state index is 13.4. The molecular weight excluding hydrogens is 991 g/mol. The second-order valence-corrected chi connectivity index (χ2v) is 21.8. The lowest BCUT2D eigenvalue weighted by molar-refractivity contribution is -0.305. The minimum absolute atomic E-state index is 0.113. The van der Waals surface area contributed by atoms with E-state index in [2.05, 4.69) is 111 Å². The van der Waals surface area contributed by atoms with Gasteiger partial charge in [0.05, 0.1) is 25.4 Å². The number of hydrogen-bond donors (Lipinski definition) is 6. The number of amides is 1. The van der Waals surface area contributed by atoms with Crippen LogP contribution in [0, 0.1) is 0 Å². The van der Waals surface area contributed by atoms with Crippen LogP contribution in [0.4, 0.5) is 0 Å². The van der Waals surface area contributed by atoms with E-state index in [1.165, 1.54) is 116 Å². The minimum atomic E-state index is -1.63. The van der Waals surface area contributed by atoms with Crippen LogP contribution >= 0.6 is 0 Å². The van der Waals surface area contributed by atoms with Gasteiger partial charge in [-0.25, -0.2) is 0 Å². The van der Waals surface area contributed by atoms with Gasteiger partial charge in [0.2, 0.25) is 5.91 Å². The molecule has 0 aliphatic carbocycles. The number of hydrogen-bond acceptors (Lipinski definition) is 10. The van der Waals surface area contributed by atoms with E-state index in [9.17, 15) is 35.1 Å². The number of carbonyl (C=O) groups is 2. The monoisotopic (exact) mass is 1110 g/mol. The molecule has 1 rings (SSSR count). The van der Waals surface area contributed by atoms with Crippen LogP contribution in [-0.2, 0) is 23.8 Å². The normalized spacial score (nSPS) is 19.5. The Bertz CT molecular complexity index is 1650. The highest BCUT2D eigenvalue weighted by Gasteiger charge is 2.47. The summed E-state index contributed by atoms with van der Waals surface area (Å²) in [5.41, 5.74) is 0. The maximum atomic E-state index is 13.4. The van der Waals surface area contributed by atoms with Crippen molar-refractivity contribution < 1.29 is 49.3 Å². The zero-order chi connectivity index (χ0) is 57.5. The van der Waals surface area contributed by atoms with E-state index in [-0.39, 0.29) is 19.4 Å². The Labute approximate surface area is 482 Å². The molecule has 0 aromatic carbocycles. The summed E-state index contributed by atoms with van der Waals surface area (Å²) < 4.78 is 17.6. The second kappa shape index (κ2) is 55.1. The van der Waals surface area contributed by atoms with E-state index in [1.807, 2.05) is 6.08 Å². The SMILES string of the molecule is CC/C=C\C/C=C\C/C=C\C/C=C\C/C=C\CCCCC(O)C(=O)NC(COC1OC(CO)C(O)C(O)C1OC(=O)CCCCCCCCCCCCC/C=C\C/C=C\CCCCC)C(O)/C=C/CCCCCCCCCCC. The molecule has 0 radical (unpaired) electrons. The molecule has 454 valence electrons. The summed E-state index contributed by atoms with van der Waals surface area (Å²) in [4.78, 5) is 26.6. The summed E-state index contributed by atoms with van der Waals surface area (Å²) in [5, 5.41) is 57.0. The van der Waals surface area contributed by atoms with Gasteiger partial charge in [-0.3, -0.25) is 9.59 Å². The highest BCUT2D eigenvalue weighted by molar-refractivity contribution is 5.80. The third kappa shape index (κ3) is 43.0. The number of ether oxygens (including phenoxy) is 3. The number of allylic oxidation sites excluding steroid dienone is 15. The fourth-order valence-electron chi connectivity index (χ4n) is 9.41. The van der Waals surface area contributed by atoms with Crippen LogP contribution in [0.15, 0.2) is 97.2 Å². The number of unbranched alkanes of at least 4 members (excludes halogenated alkanes) is 25. The van der Waals surface area contributed by atoms with Crippen molar-refractivity contribution in [2.24, 2.45) is 0 Å². The van der Waals surface area contributed by atoms with Gasteiger partial charge in [0.1, 0.15) is 24.4 Å². The van der Waals surface area contributed by atoms with Gasteiger partial charge in [0.15, 0.2) is 12.4 Å². The average molecular weight is 1110 g/mol. The molecule has 6 N–H and O–H groups in total. The van der Waals surface area contributed by atoms with E-state index in [4.69, 9.17) is 14.2 Å². The molecule has 1 fully saturated rings. The molecule has 1 heterocycles. The molecule has 1 aliphatic rings. The molecule has 0 spiro atoms. The quantitative estimate of drug-likeness (QED) is 0.0195. The fourth-order valence-corrected chi connectivity index (χ4v) is 9.41. The van der Waals surface area contributed by atoms with E-state index in [1.54, 1.807) is 6.08 Å². The summed E-state index contributed by atoms with van der Waals surface area (Å²) in [6.45, 7) is 5.62. The standard InChI is InChI=1S/C68H117NO10/c1-4-7-10-13-16-19-22-24-26-28-30-31-32-34-36-38-41-44-47-50-53-56-63(73)79-66-65(75)64(74)62(57-70)78-68(66)77-58-59(60(71)54-51-48-45-42-39-21-18-15-12-9-6-3)69-67(76)61(72)55-52-49-46-43-40-37-35-33-29-27-25-23-20-17-14-11-8-5-2/h8,11,16-17,19-20,24-27,33,35,40,43,51,54,59-62,64-66,68,70-72,74-75H,4-7,9-10,12-15,18,21-23,28-32,34,36-39,41-42,44-50,52-53,55-58H2,1-3H3,(H,69,76)/b11-8-,19-16-,20-17-,26-24-,27-25-,35-33-,43-40-,54-51+. The van der Waals surface area contributed by atoms with Crippen LogP contribution < -0.4 is 5.32 Å². The molecule has 0 aromatic heterocycles. The first-order valence-corrected chi connectivity index (χ1v) is 32.0. The molecule has 8 unspecified atom stereocenters. The fraction of sp³-hybridized carbons (Fsp3) is 0.735. The minimum Gasteiger partial charge on any atom is -0.454 e. The van der Waals surface area contributed by atoms with Crippen molar-refractivity contribution in [3.63, 3.8) is 0 Å². The highest BCUT2D eigenvalue weighted by atomic mass is 16.7. The lowest BCUT2D eigenvalue weighted by Crippen LogP contribution is -2.61. The zero-order valence-corrected chi connectivity index (χ0v) is 50.2. The predicted octanol–water partition coefficient (Wildman–Crippen LogP) is 15.5. The summed E-state index contributed by atoms with van der Waals surface area (Å²) in [7, 11) is 0. The Balaban J connectivity index is 2.66. The van der Waals surface area contributed by atoms with Crippen molar-refractivity contribution in [1.29, 1.82) is 0 Å². The predicted molar refractivity (Wildman–Crippen MR) is 329 cm³/mol. The van der Waals surface area contributed by atoms with Gasteiger partial charge in [-0.05, 0) is 103 Å². The third-order valence-electron chi connectivity index (χ3n) is 14.5. The average Bonchev–Trinajstić information content (AvgIpc) is 3.45. The van der Waals surface area contributed by atoms with Gasteiger partial charge in [-0.15, -0.1) is 0 Å². The number of nitrogens with one attached hydrogen (secondary N) is 1. The van der Waals surface area contributed by atoms with Gasteiger partial charge in [0, 0.05) is 6.42 Å². The molecule has 1 aliphatic heterocycles. The summed E-state index contributed by atoms with van der Waals surface area (Å²) in [6, 6.07) is -1.05. The highest BCUT2D eigenvalue weighted by Crippen LogP contribution is 2.26. The molecule has 0 aromatic rings. The third-order valence-corrected chi connectivity index (χ3v) is 14.5. The first-order chi connectivity index (χ1) is 38.7. The number of esters is 1. The number of aliphatic hydroxyl groups excluding tert-OH is 5. The molecule has 79 heavy (non-hydrogen) atoms. The smallest absolute Gasteiger partial charge is 0.306 e. The van der Waals surface area contributed by atoms with E-state index in [0.717, 1.165) is 96.3 Å². The lowest BCUT2D eigenvalue weighted by atomic mass is 9.99. The maximum Gasteiger partial charge on any atom is 0.306 e. The zero-order valence-electron chi connectivity index (χ0n) is 50.2. The van der Waals surface area contributed by atoms with Crippen molar-refractivity contribution in [3.05, 3.63) is 97.2 Å². The first kappa shape index (κ1) is 73.6. The summed E-state index contributed by atoms with van der Waals surface area (Å²) in [6.07, 6.45) is 63.0. The number of carbonyl (C=O) groups excluding carboxylic acids is 2. The Morgan fingerprint density at radius 1 is 0.506 bits per heavy atom. The van der Waals surface area contributed by atoms with Crippen molar-refractivity contribution in [3.8, 4) is 0 Å². The molecule has 8 atom stereocenters. The van der Waals surface area contributed by atoms with Crippen molar-refractivity contribution in [2.45, 2.75) is 307 Å². The molecular formula is C68H117NO10. The Kier molecular flexibility index (Phi) is 51.4. The molecule has 1 amide bonds. The largest absolute Gasteiger partial charge is 0.454 e. The van der Waals surface area contributed by atoms with Crippen LogP contribution in [0.3, 0.4) is 0 Å². The molecule has 0 bridgehead atoms. The van der Waals surface area contributed by atoms with E-state index < -0.39 is 67.4 Å².